The molecule has 7 nitrogen and oxygen atoms in total. The number of aryl methyl sites for hydroxylation is 3. The minimum atomic E-state index is -0.144. The van der Waals surface area contributed by atoms with Gasteiger partial charge in [0, 0.05) is 24.2 Å². The van der Waals surface area contributed by atoms with Gasteiger partial charge in [0.25, 0.3) is 0 Å². The highest BCUT2D eigenvalue weighted by molar-refractivity contribution is 5.96. The van der Waals surface area contributed by atoms with Crippen molar-refractivity contribution in [2.75, 3.05) is 5.32 Å². The summed E-state index contributed by atoms with van der Waals surface area (Å²) in [7, 11) is 0. The fourth-order valence-electron chi connectivity index (χ4n) is 3.26. The molecular formula is C19H29N5O2. The molecule has 0 aliphatic heterocycles. The van der Waals surface area contributed by atoms with Crippen molar-refractivity contribution >= 4 is 17.5 Å². The number of nitrogens with one attached hydrogen (secondary N) is 1. The van der Waals surface area contributed by atoms with Crippen molar-refractivity contribution in [2.45, 2.75) is 73.4 Å². The number of carbonyl (C=O) groups excluding carboxylic acids is 2. The number of hydrogen-bond acceptors (Lipinski definition) is 4. The van der Waals surface area contributed by atoms with Gasteiger partial charge >= 0.3 is 0 Å². The number of hydrogen-bond donors (Lipinski definition) is 1. The summed E-state index contributed by atoms with van der Waals surface area (Å²) in [4.78, 5) is 24.3. The van der Waals surface area contributed by atoms with Gasteiger partial charge in [-0.05, 0) is 41.0 Å². The maximum atomic E-state index is 12.5. The lowest BCUT2D eigenvalue weighted by Crippen LogP contribution is -2.21. The van der Waals surface area contributed by atoms with E-state index in [0.717, 1.165) is 36.5 Å². The first-order valence-electron chi connectivity index (χ1n) is 9.15. The Hall–Kier alpha value is -2.44. The van der Waals surface area contributed by atoms with E-state index in [4.69, 9.17) is 0 Å². The molecular weight excluding hydrogens is 330 g/mol. The first kappa shape index (κ1) is 19.9. The Balaban J connectivity index is 2.10. The normalized spacial score (nSPS) is 12.2. The van der Waals surface area contributed by atoms with Gasteiger partial charge in [-0.25, -0.2) is 4.68 Å². The minimum Gasteiger partial charge on any atom is -0.311 e. The zero-order valence-electron chi connectivity index (χ0n) is 16.6. The van der Waals surface area contributed by atoms with Gasteiger partial charge < -0.3 is 5.32 Å². The SMILES string of the molecule is CCCCn1ncc(C)c1NC(=O)C[C@H](C)n1nc(C)c(C(C)=O)c1C. The minimum absolute atomic E-state index is 0.00153. The number of anilines is 1. The van der Waals surface area contributed by atoms with Crippen molar-refractivity contribution in [3.05, 3.63) is 28.7 Å². The van der Waals surface area contributed by atoms with Crippen molar-refractivity contribution < 1.29 is 9.59 Å². The van der Waals surface area contributed by atoms with Crippen molar-refractivity contribution in [1.29, 1.82) is 0 Å². The maximum absolute atomic E-state index is 12.5. The van der Waals surface area contributed by atoms with Crippen LogP contribution in [0.25, 0.3) is 0 Å². The molecule has 2 heterocycles. The molecule has 0 spiro atoms. The molecule has 1 N–H and O–H groups in total. The molecule has 0 saturated carbocycles. The summed E-state index contributed by atoms with van der Waals surface area (Å²) in [6, 6.07) is -0.144. The first-order chi connectivity index (χ1) is 12.3. The van der Waals surface area contributed by atoms with E-state index in [1.807, 2.05) is 32.4 Å². The Labute approximate surface area is 154 Å². The number of unbranched alkanes of at least 4 members (excludes halogenated alkanes) is 1. The zero-order valence-corrected chi connectivity index (χ0v) is 16.6. The smallest absolute Gasteiger partial charge is 0.227 e. The van der Waals surface area contributed by atoms with Crippen LogP contribution in [-0.2, 0) is 11.3 Å². The van der Waals surface area contributed by atoms with Crippen molar-refractivity contribution in [1.82, 2.24) is 19.6 Å². The Bertz CT molecular complexity index is 803. The van der Waals surface area contributed by atoms with Crippen LogP contribution < -0.4 is 5.32 Å². The Morgan fingerprint density at radius 2 is 1.96 bits per heavy atom. The summed E-state index contributed by atoms with van der Waals surface area (Å²) in [5.41, 5.74) is 3.10. The van der Waals surface area contributed by atoms with Crippen molar-refractivity contribution in [2.24, 2.45) is 0 Å². The lowest BCUT2D eigenvalue weighted by atomic mass is 10.1. The van der Waals surface area contributed by atoms with Crippen LogP contribution in [0.15, 0.2) is 6.20 Å². The monoisotopic (exact) mass is 359 g/mol. The van der Waals surface area contributed by atoms with Crippen LogP contribution in [0, 0.1) is 20.8 Å². The van der Waals surface area contributed by atoms with Crippen LogP contribution in [0.5, 0.6) is 0 Å². The molecule has 0 aliphatic carbocycles. The molecule has 0 aliphatic rings. The molecule has 26 heavy (non-hydrogen) atoms. The molecule has 1 atom stereocenters. The zero-order chi connectivity index (χ0) is 19.4. The van der Waals surface area contributed by atoms with Crippen LogP contribution in [0.4, 0.5) is 5.82 Å². The number of amides is 1. The number of aromatic nitrogens is 4. The van der Waals surface area contributed by atoms with Gasteiger partial charge in [0.15, 0.2) is 5.78 Å². The van der Waals surface area contributed by atoms with Crippen LogP contribution in [-0.4, -0.2) is 31.3 Å². The van der Waals surface area contributed by atoms with E-state index in [1.165, 1.54) is 0 Å². The van der Waals surface area contributed by atoms with Crippen LogP contribution >= 0.6 is 0 Å². The van der Waals surface area contributed by atoms with Crippen molar-refractivity contribution in [3.8, 4) is 0 Å². The molecule has 7 heteroatoms. The van der Waals surface area contributed by atoms with Gasteiger partial charge in [-0.3, -0.25) is 14.3 Å². The largest absolute Gasteiger partial charge is 0.311 e. The third kappa shape index (κ3) is 4.20. The molecule has 0 aromatic carbocycles. The molecule has 0 fully saturated rings. The second-order valence-corrected chi connectivity index (χ2v) is 6.90. The summed E-state index contributed by atoms with van der Waals surface area (Å²) in [5, 5.41) is 11.8. The molecule has 1 amide bonds. The highest BCUT2D eigenvalue weighted by Gasteiger charge is 2.21. The Morgan fingerprint density at radius 1 is 1.27 bits per heavy atom. The second kappa shape index (κ2) is 8.29. The predicted molar refractivity (Wildman–Crippen MR) is 102 cm³/mol. The maximum Gasteiger partial charge on any atom is 0.227 e. The van der Waals surface area contributed by atoms with Gasteiger partial charge in [0.1, 0.15) is 5.82 Å². The van der Waals surface area contributed by atoms with E-state index >= 15 is 0 Å². The molecule has 2 aromatic rings. The van der Waals surface area contributed by atoms with Crippen LogP contribution in [0.1, 0.15) is 73.4 Å². The number of ketones is 1. The van der Waals surface area contributed by atoms with E-state index in [9.17, 15) is 9.59 Å². The molecule has 0 bridgehead atoms. The van der Waals surface area contributed by atoms with Gasteiger partial charge in [0.2, 0.25) is 5.91 Å². The molecule has 0 unspecified atom stereocenters. The van der Waals surface area contributed by atoms with E-state index in [0.29, 0.717) is 11.3 Å². The lowest BCUT2D eigenvalue weighted by molar-refractivity contribution is -0.116. The fraction of sp³-hybridized carbons (Fsp3) is 0.579. The molecule has 142 valence electrons. The van der Waals surface area contributed by atoms with Crippen LogP contribution in [0.2, 0.25) is 0 Å². The standard InChI is InChI=1S/C19H29N5O2/c1-7-8-9-23-19(12(2)11-20-23)21-17(26)10-13(3)24-15(5)18(16(6)25)14(4)22-24/h11,13H,7-10H2,1-6H3,(H,21,26)/t13-/m0/s1. The lowest BCUT2D eigenvalue weighted by Gasteiger charge is -2.15. The van der Waals surface area contributed by atoms with Gasteiger partial charge in [0.05, 0.1) is 23.5 Å². The number of carbonyl (C=O) groups is 2. The average Bonchev–Trinajstić information content (AvgIpc) is 3.05. The van der Waals surface area contributed by atoms with Crippen LogP contribution in [0.3, 0.4) is 0 Å². The third-order valence-corrected chi connectivity index (χ3v) is 4.58. The van der Waals surface area contributed by atoms with Gasteiger partial charge in [-0.15, -0.1) is 0 Å². The molecule has 2 rings (SSSR count). The van der Waals surface area contributed by atoms with Crippen molar-refractivity contribution in [3.63, 3.8) is 0 Å². The average molecular weight is 359 g/mol. The summed E-state index contributed by atoms with van der Waals surface area (Å²) in [6.45, 7) is 12.0. The van der Waals surface area contributed by atoms with E-state index < -0.39 is 0 Å². The molecule has 0 radical (unpaired) electrons. The first-order valence-corrected chi connectivity index (χ1v) is 9.15. The van der Waals surface area contributed by atoms with E-state index in [2.05, 4.69) is 22.4 Å². The topological polar surface area (TPSA) is 81.8 Å². The Morgan fingerprint density at radius 3 is 2.54 bits per heavy atom. The highest BCUT2D eigenvalue weighted by atomic mass is 16.1. The number of Topliss-reactive ketones (excluding diaryl/α,β-unsaturated/α-hetero) is 1. The quantitative estimate of drug-likeness (QED) is 0.730. The van der Waals surface area contributed by atoms with Gasteiger partial charge in [-0.2, -0.15) is 10.2 Å². The third-order valence-electron chi connectivity index (χ3n) is 4.58. The molecule has 0 saturated heterocycles. The predicted octanol–water partition coefficient (Wildman–Crippen LogP) is 3.60. The number of nitrogens with zero attached hydrogens (tertiary/aromatic N) is 4. The summed E-state index contributed by atoms with van der Waals surface area (Å²) < 4.78 is 3.62. The van der Waals surface area contributed by atoms with E-state index in [-0.39, 0.29) is 24.2 Å². The Kier molecular flexibility index (Phi) is 6.34. The van der Waals surface area contributed by atoms with Gasteiger partial charge in [-0.1, -0.05) is 13.3 Å². The summed E-state index contributed by atoms with van der Waals surface area (Å²) in [5.74, 6) is 0.669. The fourth-order valence-corrected chi connectivity index (χ4v) is 3.26. The highest BCUT2D eigenvalue weighted by Crippen LogP contribution is 2.21. The molecule has 2 aromatic heterocycles. The summed E-state index contributed by atoms with van der Waals surface area (Å²) in [6.07, 6.45) is 4.13. The summed E-state index contributed by atoms with van der Waals surface area (Å²) >= 11 is 0. The number of rotatable bonds is 8. The van der Waals surface area contributed by atoms with E-state index in [1.54, 1.807) is 17.8 Å². The second-order valence-electron chi connectivity index (χ2n) is 6.90.